The van der Waals surface area contributed by atoms with Gasteiger partial charge in [-0.25, -0.2) is 4.98 Å². The molecule has 0 radical (unpaired) electrons. The van der Waals surface area contributed by atoms with Crippen molar-refractivity contribution in [3.05, 3.63) is 90.8 Å². The highest BCUT2D eigenvalue weighted by Crippen LogP contribution is 2.33. The van der Waals surface area contributed by atoms with Crippen LogP contribution in [0.4, 0.5) is 0 Å². The minimum atomic E-state index is -0.250. The summed E-state index contributed by atoms with van der Waals surface area (Å²) in [6, 6.07) is 14.8. The molecule has 8 nitrogen and oxygen atoms in total. The van der Waals surface area contributed by atoms with Gasteiger partial charge in [-0.05, 0) is 35.7 Å². The number of imidazole rings is 1. The van der Waals surface area contributed by atoms with E-state index in [0.29, 0.717) is 12.5 Å². The molecule has 0 aliphatic carbocycles. The molecule has 1 aliphatic rings. The van der Waals surface area contributed by atoms with Crippen LogP contribution in [0.3, 0.4) is 0 Å². The minimum absolute atomic E-state index is 0.250. The summed E-state index contributed by atoms with van der Waals surface area (Å²) in [5.41, 5.74) is 3.64. The maximum Gasteiger partial charge on any atom is 0.290 e. The second-order valence-corrected chi connectivity index (χ2v) is 7.55. The summed E-state index contributed by atoms with van der Waals surface area (Å²) in [5, 5.41) is 11.2. The van der Waals surface area contributed by atoms with E-state index in [0.717, 1.165) is 31.0 Å². The topological polar surface area (TPSA) is 95.1 Å². The Labute approximate surface area is 186 Å². The van der Waals surface area contributed by atoms with Crippen LogP contribution < -0.4 is 0 Å². The van der Waals surface area contributed by atoms with Gasteiger partial charge in [0.05, 0.1) is 25.8 Å². The number of pyridine rings is 1. The van der Waals surface area contributed by atoms with E-state index in [-0.39, 0.29) is 12.5 Å². The summed E-state index contributed by atoms with van der Waals surface area (Å²) in [6.45, 7) is 1.94. The van der Waals surface area contributed by atoms with Gasteiger partial charge >= 0.3 is 0 Å². The lowest BCUT2D eigenvalue weighted by atomic mass is 9.95. The summed E-state index contributed by atoms with van der Waals surface area (Å²) in [6.07, 6.45) is 12.4. The molecular formula is C24H25N5O3. The van der Waals surface area contributed by atoms with Crippen molar-refractivity contribution in [1.29, 1.82) is 0 Å². The third kappa shape index (κ3) is 4.92. The lowest BCUT2D eigenvalue weighted by molar-refractivity contribution is -0.122. The first-order valence-corrected chi connectivity index (χ1v) is 10.4. The Morgan fingerprint density at radius 2 is 1.84 bits per heavy atom. The fourth-order valence-electron chi connectivity index (χ4n) is 4.15. The van der Waals surface area contributed by atoms with Crippen molar-refractivity contribution in [1.82, 2.24) is 24.3 Å². The Morgan fingerprint density at radius 1 is 1.03 bits per heavy atom. The zero-order chi connectivity index (χ0) is 22.2. The van der Waals surface area contributed by atoms with Crippen molar-refractivity contribution < 1.29 is 14.6 Å². The molecule has 0 spiro atoms. The van der Waals surface area contributed by atoms with Crippen LogP contribution in [0.15, 0.2) is 79.6 Å². The molecule has 1 aliphatic heterocycles. The van der Waals surface area contributed by atoms with Crippen molar-refractivity contribution in [2.45, 2.75) is 19.0 Å². The fourth-order valence-corrected chi connectivity index (χ4v) is 4.15. The molecular weight excluding hydrogens is 406 g/mol. The number of ether oxygens (including phenoxy) is 1. The lowest BCUT2D eigenvalue weighted by Crippen LogP contribution is -2.20. The van der Waals surface area contributed by atoms with Crippen molar-refractivity contribution >= 4 is 6.47 Å². The molecule has 0 unspecified atom stereocenters. The molecule has 1 fully saturated rings. The van der Waals surface area contributed by atoms with Crippen LogP contribution in [0.2, 0.25) is 0 Å². The van der Waals surface area contributed by atoms with Gasteiger partial charge in [0, 0.05) is 48.7 Å². The normalized spacial score (nSPS) is 17.5. The summed E-state index contributed by atoms with van der Waals surface area (Å²) in [5.74, 6) is 1.40. The maximum absolute atomic E-state index is 8.36. The molecule has 1 saturated heterocycles. The zero-order valence-electron chi connectivity index (χ0n) is 17.6. The molecule has 5 rings (SSSR count). The largest absolute Gasteiger partial charge is 0.483 e. The number of benzene rings is 1. The van der Waals surface area contributed by atoms with Crippen LogP contribution in [-0.4, -0.2) is 49.1 Å². The van der Waals surface area contributed by atoms with Crippen molar-refractivity contribution in [2.75, 3.05) is 13.2 Å². The standard InChI is InChI=1S/C23H23N5O.CH2O2/c1-2-5-21(19(4-1)15-27-12-3-8-26-27)23-25-11-13-28(23)22-17-29-16-20(22)14-18-6-9-24-10-7-18;2-1-3/h1-13,20,22H,14-17H2;1H,(H,2,3)/t20-,22-;/m1./s1. The molecule has 8 heteroatoms. The van der Waals surface area contributed by atoms with Gasteiger partial charge in [-0.2, -0.15) is 5.10 Å². The quantitative estimate of drug-likeness (QED) is 0.471. The van der Waals surface area contributed by atoms with Gasteiger partial charge in [0.2, 0.25) is 0 Å². The number of carbonyl (C=O) groups is 1. The van der Waals surface area contributed by atoms with Gasteiger partial charge in [-0.15, -0.1) is 0 Å². The highest BCUT2D eigenvalue weighted by Gasteiger charge is 2.31. The third-order valence-electron chi connectivity index (χ3n) is 5.59. The van der Waals surface area contributed by atoms with Crippen LogP contribution in [-0.2, 0) is 22.5 Å². The summed E-state index contributed by atoms with van der Waals surface area (Å²) < 4.78 is 10.1. The van der Waals surface area contributed by atoms with E-state index in [2.05, 4.69) is 57.2 Å². The Morgan fingerprint density at radius 3 is 2.62 bits per heavy atom. The molecule has 3 aromatic heterocycles. The van der Waals surface area contributed by atoms with Gasteiger partial charge in [0.25, 0.3) is 6.47 Å². The molecule has 2 atom stereocenters. The number of aromatic nitrogens is 5. The Hall–Kier alpha value is -3.78. The number of rotatable bonds is 6. The molecule has 4 heterocycles. The molecule has 1 N–H and O–H groups in total. The van der Waals surface area contributed by atoms with Crippen LogP contribution in [0.5, 0.6) is 0 Å². The Bertz CT molecular complexity index is 1110. The number of hydrogen-bond donors (Lipinski definition) is 1. The van der Waals surface area contributed by atoms with Gasteiger partial charge in [-0.1, -0.05) is 24.3 Å². The first-order chi connectivity index (χ1) is 15.8. The van der Waals surface area contributed by atoms with E-state index >= 15 is 0 Å². The first-order valence-electron chi connectivity index (χ1n) is 10.4. The second-order valence-electron chi connectivity index (χ2n) is 7.55. The molecule has 0 saturated carbocycles. The molecule has 164 valence electrons. The van der Waals surface area contributed by atoms with Gasteiger partial charge in [0.15, 0.2) is 0 Å². The highest BCUT2D eigenvalue weighted by molar-refractivity contribution is 5.61. The van der Waals surface area contributed by atoms with Gasteiger partial charge in [-0.3, -0.25) is 14.5 Å². The van der Waals surface area contributed by atoms with E-state index in [1.165, 1.54) is 11.1 Å². The van der Waals surface area contributed by atoms with E-state index < -0.39 is 0 Å². The Kier molecular flexibility index (Phi) is 7.04. The van der Waals surface area contributed by atoms with Crippen LogP contribution in [0.1, 0.15) is 17.2 Å². The fraction of sp³-hybridized carbons (Fsp3) is 0.250. The average Bonchev–Trinajstić information content (AvgIpc) is 3.57. The van der Waals surface area contributed by atoms with Crippen molar-refractivity contribution in [3.8, 4) is 11.4 Å². The van der Waals surface area contributed by atoms with E-state index in [9.17, 15) is 0 Å². The van der Waals surface area contributed by atoms with Gasteiger partial charge in [0.1, 0.15) is 5.82 Å². The molecule has 1 aromatic carbocycles. The molecule has 0 amide bonds. The predicted octanol–water partition coefficient (Wildman–Crippen LogP) is 3.32. The lowest BCUT2D eigenvalue weighted by Gasteiger charge is -2.22. The first kappa shape index (κ1) is 21.5. The minimum Gasteiger partial charge on any atom is -0.483 e. The number of nitrogens with zero attached hydrogens (tertiary/aromatic N) is 5. The zero-order valence-corrected chi connectivity index (χ0v) is 17.6. The monoisotopic (exact) mass is 431 g/mol. The predicted molar refractivity (Wildman–Crippen MR) is 119 cm³/mol. The smallest absolute Gasteiger partial charge is 0.290 e. The van der Waals surface area contributed by atoms with E-state index in [4.69, 9.17) is 19.6 Å². The Balaban J connectivity index is 0.000000775. The van der Waals surface area contributed by atoms with Gasteiger partial charge < -0.3 is 14.4 Å². The number of hydrogen-bond acceptors (Lipinski definition) is 5. The second kappa shape index (κ2) is 10.5. The van der Waals surface area contributed by atoms with E-state index in [1.54, 1.807) is 0 Å². The van der Waals surface area contributed by atoms with Crippen LogP contribution >= 0.6 is 0 Å². The summed E-state index contributed by atoms with van der Waals surface area (Å²) in [4.78, 5) is 17.2. The van der Waals surface area contributed by atoms with Crippen molar-refractivity contribution in [2.24, 2.45) is 5.92 Å². The van der Waals surface area contributed by atoms with Crippen LogP contribution in [0, 0.1) is 5.92 Å². The van der Waals surface area contributed by atoms with Crippen molar-refractivity contribution in [3.63, 3.8) is 0 Å². The maximum atomic E-state index is 8.36. The average molecular weight is 431 g/mol. The molecule has 0 bridgehead atoms. The number of carboxylic acid groups (broad SMARTS) is 1. The third-order valence-corrected chi connectivity index (χ3v) is 5.59. The van der Waals surface area contributed by atoms with Crippen LogP contribution in [0.25, 0.3) is 11.4 Å². The SMILES string of the molecule is O=CO.c1ccc(-c2nccn2[C@@H]2COC[C@H]2Cc2ccncc2)c(Cn2cccn2)c1. The molecule has 4 aromatic rings. The summed E-state index contributed by atoms with van der Waals surface area (Å²) in [7, 11) is 0. The summed E-state index contributed by atoms with van der Waals surface area (Å²) >= 11 is 0. The van der Waals surface area contributed by atoms with E-state index in [1.807, 2.05) is 41.7 Å². The highest BCUT2D eigenvalue weighted by atomic mass is 16.5. The molecule has 32 heavy (non-hydrogen) atoms.